The van der Waals surface area contributed by atoms with Crippen molar-refractivity contribution >= 4 is 39.1 Å². The number of anilines is 1. The van der Waals surface area contributed by atoms with Crippen molar-refractivity contribution in [3.05, 3.63) is 28.8 Å². The van der Waals surface area contributed by atoms with Crippen LogP contribution in [0.5, 0.6) is 0 Å². The van der Waals surface area contributed by atoms with E-state index in [9.17, 15) is 18.0 Å². The van der Waals surface area contributed by atoms with Gasteiger partial charge in [-0.25, -0.2) is 8.42 Å². The minimum atomic E-state index is -3.64. The number of piperazine rings is 1. The van der Waals surface area contributed by atoms with Crippen molar-refractivity contribution in [3.63, 3.8) is 0 Å². The summed E-state index contributed by atoms with van der Waals surface area (Å²) in [6.45, 7) is 2.99. The number of halogens is 1. The Hall–Kier alpha value is -1.64. The molecular formula is C20H28ClN3O4S. The van der Waals surface area contributed by atoms with Crippen molar-refractivity contribution in [2.75, 3.05) is 24.2 Å². The fourth-order valence-corrected chi connectivity index (χ4v) is 5.20. The Morgan fingerprint density at radius 1 is 1.24 bits per heavy atom. The molecule has 9 heteroatoms. The van der Waals surface area contributed by atoms with E-state index < -0.39 is 21.5 Å². The molecule has 7 nitrogen and oxygen atoms in total. The van der Waals surface area contributed by atoms with Gasteiger partial charge in [-0.15, -0.1) is 0 Å². The third-order valence-corrected chi connectivity index (χ3v) is 7.52. The summed E-state index contributed by atoms with van der Waals surface area (Å²) in [5, 5.41) is 3.55. The van der Waals surface area contributed by atoms with E-state index >= 15 is 0 Å². The molecule has 2 fully saturated rings. The van der Waals surface area contributed by atoms with Crippen LogP contribution in [0.15, 0.2) is 18.2 Å². The summed E-state index contributed by atoms with van der Waals surface area (Å²) < 4.78 is 25.5. The number of hydrogen-bond donors (Lipinski definition) is 1. The highest BCUT2D eigenvalue weighted by Gasteiger charge is 2.51. The second-order valence-corrected chi connectivity index (χ2v) is 10.6. The van der Waals surface area contributed by atoms with Crippen molar-refractivity contribution in [2.45, 2.75) is 57.5 Å². The molecule has 1 aliphatic heterocycles. The quantitative estimate of drug-likeness (QED) is 0.777. The summed E-state index contributed by atoms with van der Waals surface area (Å²) in [7, 11) is -3.64. The van der Waals surface area contributed by atoms with E-state index in [0.29, 0.717) is 16.3 Å². The van der Waals surface area contributed by atoms with E-state index in [1.165, 1.54) is 4.90 Å². The van der Waals surface area contributed by atoms with Gasteiger partial charge in [0.2, 0.25) is 21.8 Å². The average molecular weight is 442 g/mol. The first kappa shape index (κ1) is 22.1. The van der Waals surface area contributed by atoms with E-state index in [2.05, 4.69) is 5.32 Å². The molecule has 1 heterocycles. The number of benzene rings is 1. The van der Waals surface area contributed by atoms with Crippen LogP contribution in [0.25, 0.3) is 0 Å². The fourth-order valence-electron chi connectivity index (χ4n) is 4.20. The molecule has 0 bridgehead atoms. The normalized spacial score (nSPS) is 24.6. The third-order valence-electron chi connectivity index (χ3n) is 5.92. The van der Waals surface area contributed by atoms with Crippen molar-refractivity contribution in [1.82, 2.24) is 9.62 Å². The van der Waals surface area contributed by atoms with E-state index in [4.69, 9.17) is 11.6 Å². The first-order valence-corrected chi connectivity index (χ1v) is 12.1. The van der Waals surface area contributed by atoms with Crippen LogP contribution >= 0.6 is 11.6 Å². The van der Waals surface area contributed by atoms with Crippen LogP contribution in [-0.2, 0) is 19.6 Å². The van der Waals surface area contributed by atoms with Crippen LogP contribution in [-0.4, -0.2) is 55.5 Å². The zero-order valence-corrected chi connectivity index (χ0v) is 18.6. The predicted octanol–water partition coefficient (Wildman–Crippen LogP) is 2.46. The minimum absolute atomic E-state index is 0.0408. The van der Waals surface area contributed by atoms with E-state index in [1.54, 1.807) is 32.0 Å². The number of nitrogens with one attached hydrogen (secondary N) is 1. The van der Waals surface area contributed by atoms with Gasteiger partial charge in [0, 0.05) is 23.3 Å². The van der Waals surface area contributed by atoms with Crippen LogP contribution in [0.4, 0.5) is 5.69 Å². The van der Waals surface area contributed by atoms with Crippen molar-refractivity contribution in [3.8, 4) is 0 Å². The van der Waals surface area contributed by atoms with Gasteiger partial charge in [-0.1, -0.05) is 36.9 Å². The Kier molecular flexibility index (Phi) is 6.27. The molecule has 1 aliphatic carbocycles. The van der Waals surface area contributed by atoms with E-state index in [1.807, 2.05) is 0 Å². The van der Waals surface area contributed by atoms with Crippen LogP contribution in [0.2, 0.25) is 5.02 Å². The lowest BCUT2D eigenvalue weighted by atomic mass is 9.91. The number of rotatable bonds is 4. The smallest absolute Gasteiger partial charge is 0.247 e. The number of amides is 2. The van der Waals surface area contributed by atoms with Gasteiger partial charge in [-0.2, -0.15) is 4.31 Å². The number of hydrogen-bond acceptors (Lipinski definition) is 4. The molecule has 0 spiro atoms. The monoisotopic (exact) mass is 441 g/mol. The first-order chi connectivity index (χ1) is 13.5. The van der Waals surface area contributed by atoms with Crippen LogP contribution in [0.1, 0.15) is 44.6 Å². The van der Waals surface area contributed by atoms with Crippen molar-refractivity contribution < 1.29 is 18.0 Å². The van der Waals surface area contributed by atoms with Gasteiger partial charge in [0.05, 0.1) is 12.8 Å². The maximum Gasteiger partial charge on any atom is 0.247 e. The molecule has 1 unspecified atom stereocenters. The molecule has 29 heavy (non-hydrogen) atoms. The summed E-state index contributed by atoms with van der Waals surface area (Å²) in [4.78, 5) is 28.0. The maximum atomic E-state index is 13.4. The summed E-state index contributed by atoms with van der Waals surface area (Å²) in [5.74, 6) is -0.793. The van der Waals surface area contributed by atoms with E-state index in [-0.39, 0.29) is 25.0 Å². The lowest BCUT2D eigenvalue weighted by Crippen LogP contribution is -2.70. The number of nitrogens with zero attached hydrogens (tertiary/aromatic N) is 2. The highest BCUT2D eigenvalue weighted by Crippen LogP contribution is 2.35. The van der Waals surface area contributed by atoms with Gasteiger partial charge in [0.1, 0.15) is 5.54 Å². The number of carbonyl (C=O) groups is 2. The Morgan fingerprint density at radius 3 is 2.52 bits per heavy atom. The van der Waals surface area contributed by atoms with Crippen LogP contribution < -0.4 is 10.2 Å². The molecule has 0 aromatic heterocycles. The first-order valence-electron chi connectivity index (χ1n) is 9.88. The number of carbonyl (C=O) groups excluding carboxylic acids is 2. The molecule has 1 atom stereocenters. The molecule has 1 N–H and O–H groups in total. The average Bonchev–Trinajstić information content (AvgIpc) is 2.64. The molecule has 2 aliphatic rings. The molecular weight excluding hydrogens is 414 g/mol. The van der Waals surface area contributed by atoms with Crippen molar-refractivity contribution in [2.24, 2.45) is 0 Å². The maximum absolute atomic E-state index is 13.4. The molecule has 3 rings (SSSR count). The summed E-state index contributed by atoms with van der Waals surface area (Å²) in [6.07, 6.45) is 6.09. The summed E-state index contributed by atoms with van der Waals surface area (Å²) in [6, 6.07) is 5.22. The highest BCUT2D eigenvalue weighted by molar-refractivity contribution is 7.88. The molecule has 1 aromatic rings. The standard InChI is InChI=1S/C20H28ClN3O4S/c1-14-16(21)10-7-11-17(14)24-18(25)12-23(29(3,27)28)13-20(24,2)19(26)22-15-8-5-4-6-9-15/h7,10-11,15H,4-6,8-9,12-13H2,1-3H3,(H,22,26). The van der Waals surface area contributed by atoms with E-state index in [0.717, 1.165) is 42.7 Å². The largest absolute Gasteiger partial charge is 0.351 e. The molecule has 160 valence electrons. The SMILES string of the molecule is Cc1c(Cl)cccc1N1C(=O)CN(S(C)(=O)=O)CC1(C)C(=O)NC1CCCCC1. The summed E-state index contributed by atoms with van der Waals surface area (Å²) in [5.41, 5.74) is -0.186. The molecule has 2 amide bonds. The van der Waals surface area contributed by atoms with Gasteiger partial charge in [-0.3, -0.25) is 14.5 Å². The van der Waals surface area contributed by atoms with Crippen LogP contribution in [0, 0.1) is 6.92 Å². The fraction of sp³-hybridized carbons (Fsp3) is 0.600. The third kappa shape index (κ3) is 4.44. The van der Waals surface area contributed by atoms with Gasteiger partial charge < -0.3 is 5.32 Å². The topological polar surface area (TPSA) is 86.8 Å². The lowest BCUT2D eigenvalue weighted by molar-refractivity contribution is -0.133. The Balaban J connectivity index is 2.02. The molecule has 1 aromatic carbocycles. The Bertz CT molecular complexity index is 914. The summed E-state index contributed by atoms with van der Waals surface area (Å²) >= 11 is 6.27. The highest BCUT2D eigenvalue weighted by atomic mass is 35.5. The van der Waals surface area contributed by atoms with Gasteiger partial charge in [0.15, 0.2) is 0 Å². The molecule has 1 saturated heterocycles. The predicted molar refractivity (Wildman–Crippen MR) is 114 cm³/mol. The zero-order chi connectivity index (χ0) is 21.4. The van der Waals surface area contributed by atoms with Gasteiger partial charge >= 0.3 is 0 Å². The second kappa shape index (κ2) is 8.24. The van der Waals surface area contributed by atoms with Gasteiger partial charge in [0.25, 0.3) is 0 Å². The number of sulfonamides is 1. The molecule has 0 radical (unpaired) electrons. The Morgan fingerprint density at radius 2 is 1.90 bits per heavy atom. The Labute approximate surface area is 177 Å². The van der Waals surface area contributed by atoms with Gasteiger partial charge in [-0.05, 0) is 44.4 Å². The minimum Gasteiger partial charge on any atom is -0.351 e. The zero-order valence-electron chi connectivity index (χ0n) is 17.1. The lowest BCUT2D eigenvalue weighted by Gasteiger charge is -2.47. The van der Waals surface area contributed by atoms with Crippen LogP contribution in [0.3, 0.4) is 0 Å². The second-order valence-electron chi connectivity index (χ2n) is 8.23. The molecule has 1 saturated carbocycles. The van der Waals surface area contributed by atoms with Crippen molar-refractivity contribution in [1.29, 1.82) is 0 Å².